The molecule has 0 saturated heterocycles. The van der Waals surface area contributed by atoms with Crippen molar-refractivity contribution in [1.29, 1.82) is 5.26 Å². The van der Waals surface area contributed by atoms with Crippen LogP contribution in [0.5, 0.6) is 0 Å². The fraction of sp³-hybridized carbons (Fsp3) is 0.667. The van der Waals surface area contributed by atoms with Crippen LogP contribution in [0.4, 0.5) is 0 Å². The average molecular weight is 141 g/mol. The summed E-state index contributed by atoms with van der Waals surface area (Å²) < 4.78 is 0. The summed E-state index contributed by atoms with van der Waals surface area (Å²) in [7, 11) is 0. The van der Waals surface area contributed by atoms with Gasteiger partial charge in [0, 0.05) is 12.8 Å². The minimum atomic E-state index is -1.29. The normalized spacial score (nSPS) is 37.8. The number of rotatable bonds is 1. The highest BCUT2D eigenvalue weighted by molar-refractivity contribution is 5.79. The van der Waals surface area contributed by atoms with Gasteiger partial charge in [0.1, 0.15) is 0 Å². The Labute approximate surface area is 57.7 Å². The first-order chi connectivity index (χ1) is 4.60. The van der Waals surface area contributed by atoms with E-state index in [1.54, 1.807) is 6.07 Å². The Hall–Kier alpha value is -1.08. The summed E-state index contributed by atoms with van der Waals surface area (Å²) in [4.78, 5) is 10.3. The summed E-state index contributed by atoms with van der Waals surface area (Å²) in [5.41, 5.74) is -1.29. The Morgan fingerprint density at radius 1 is 1.70 bits per heavy atom. The molecule has 1 rings (SSSR count). The van der Waals surface area contributed by atoms with E-state index in [4.69, 9.17) is 15.5 Å². The first-order valence-electron chi connectivity index (χ1n) is 2.93. The van der Waals surface area contributed by atoms with Crippen molar-refractivity contribution in [2.45, 2.75) is 18.9 Å². The molecule has 0 aromatic rings. The lowest BCUT2D eigenvalue weighted by molar-refractivity contribution is -0.155. The zero-order chi connectivity index (χ0) is 7.78. The SMILES string of the molecule is N#CC1(C(=O)O)CC(O)C1. The number of aliphatic hydroxyl groups is 1. The molecular weight excluding hydrogens is 134 g/mol. The van der Waals surface area contributed by atoms with Gasteiger partial charge in [-0.25, -0.2) is 0 Å². The molecule has 0 unspecified atom stereocenters. The molecule has 0 spiro atoms. The summed E-state index contributed by atoms with van der Waals surface area (Å²) >= 11 is 0. The largest absolute Gasteiger partial charge is 0.480 e. The zero-order valence-electron chi connectivity index (χ0n) is 5.24. The van der Waals surface area contributed by atoms with Gasteiger partial charge in [0.25, 0.3) is 0 Å². The third kappa shape index (κ3) is 0.755. The van der Waals surface area contributed by atoms with E-state index in [2.05, 4.69) is 0 Å². The van der Waals surface area contributed by atoms with Gasteiger partial charge in [-0.3, -0.25) is 4.79 Å². The number of aliphatic carboxylic acids is 1. The Kier molecular flexibility index (Phi) is 1.38. The Morgan fingerprint density at radius 3 is 2.30 bits per heavy atom. The van der Waals surface area contributed by atoms with Gasteiger partial charge in [-0.05, 0) is 0 Å². The number of nitriles is 1. The van der Waals surface area contributed by atoms with Crippen molar-refractivity contribution in [3.8, 4) is 6.07 Å². The number of nitrogens with zero attached hydrogens (tertiary/aromatic N) is 1. The Bertz CT molecular complexity index is 200. The molecule has 0 aliphatic heterocycles. The predicted octanol–water partition coefficient (Wildman–Crippen LogP) is -0.264. The molecule has 0 atom stereocenters. The van der Waals surface area contributed by atoms with Crippen LogP contribution in [-0.4, -0.2) is 22.3 Å². The van der Waals surface area contributed by atoms with Crippen LogP contribution < -0.4 is 0 Å². The number of hydrogen-bond acceptors (Lipinski definition) is 3. The highest BCUT2D eigenvalue weighted by Crippen LogP contribution is 2.40. The number of hydrogen-bond donors (Lipinski definition) is 2. The third-order valence-corrected chi connectivity index (χ3v) is 1.79. The van der Waals surface area contributed by atoms with E-state index in [-0.39, 0.29) is 12.8 Å². The average Bonchev–Trinajstić information content (AvgIpc) is 1.79. The van der Waals surface area contributed by atoms with Crippen LogP contribution in [0.3, 0.4) is 0 Å². The standard InChI is InChI=1S/C6H7NO3/c7-3-6(5(9)10)1-4(8)2-6/h4,8H,1-2H2,(H,9,10). The van der Waals surface area contributed by atoms with Crippen molar-refractivity contribution >= 4 is 5.97 Å². The molecule has 2 N–H and O–H groups in total. The molecule has 0 aromatic carbocycles. The van der Waals surface area contributed by atoms with Gasteiger partial charge in [-0.2, -0.15) is 5.26 Å². The van der Waals surface area contributed by atoms with Gasteiger partial charge in [0.2, 0.25) is 0 Å². The smallest absolute Gasteiger partial charge is 0.324 e. The van der Waals surface area contributed by atoms with E-state index < -0.39 is 17.5 Å². The number of carboxylic acids is 1. The Balaban J connectivity index is 2.68. The van der Waals surface area contributed by atoms with E-state index in [0.29, 0.717) is 0 Å². The summed E-state index contributed by atoms with van der Waals surface area (Å²) in [6.07, 6.45) is -0.465. The maximum absolute atomic E-state index is 10.3. The van der Waals surface area contributed by atoms with E-state index >= 15 is 0 Å². The Morgan fingerprint density at radius 2 is 2.20 bits per heavy atom. The van der Waals surface area contributed by atoms with Crippen LogP contribution in [-0.2, 0) is 4.79 Å². The van der Waals surface area contributed by atoms with Gasteiger partial charge >= 0.3 is 5.97 Å². The maximum Gasteiger partial charge on any atom is 0.324 e. The molecule has 1 aliphatic carbocycles. The minimum absolute atomic E-state index is 0.0683. The van der Waals surface area contributed by atoms with Crippen LogP contribution in [0, 0.1) is 16.7 Å². The van der Waals surface area contributed by atoms with Crippen LogP contribution in [0.25, 0.3) is 0 Å². The summed E-state index contributed by atoms with van der Waals surface area (Å²) in [6, 6.07) is 1.69. The lowest BCUT2D eigenvalue weighted by Crippen LogP contribution is -2.45. The molecule has 54 valence electrons. The number of carbonyl (C=O) groups is 1. The molecule has 4 nitrogen and oxygen atoms in total. The minimum Gasteiger partial charge on any atom is -0.480 e. The van der Waals surface area contributed by atoms with Gasteiger partial charge in [-0.1, -0.05) is 0 Å². The van der Waals surface area contributed by atoms with Crippen LogP contribution in [0.15, 0.2) is 0 Å². The summed E-state index contributed by atoms with van der Waals surface area (Å²) in [5, 5.41) is 25.6. The fourth-order valence-corrected chi connectivity index (χ4v) is 1.06. The predicted molar refractivity (Wildman–Crippen MR) is 30.9 cm³/mol. The molecule has 1 aliphatic rings. The molecule has 0 amide bonds. The second-order valence-corrected chi connectivity index (χ2v) is 2.56. The number of carboxylic acid groups (broad SMARTS) is 1. The van der Waals surface area contributed by atoms with Crippen molar-refractivity contribution in [2.24, 2.45) is 5.41 Å². The van der Waals surface area contributed by atoms with Crippen LogP contribution in [0.1, 0.15) is 12.8 Å². The molecule has 0 radical (unpaired) electrons. The summed E-state index contributed by atoms with van der Waals surface area (Å²) in [5.74, 6) is -1.12. The molecule has 0 heterocycles. The quantitative estimate of drug-likeness (QED) is 0.527. The lowest BCUT2D eigenvalue weighted by Gasteiger charge is -2.35. The van der Waals surface area contributed by atoms with Crippen molar-refractivity contribution in [3.63, 3.8) is 0 Å². The molecule has 0 aromatic heterocycles. The van der Waals surface area contributed by atoms with Gasteiger partial charge < -0.3 is 10.2 Å². The van der Waals surface area contributed by atoms with Crippen molar-refractivity contribution in [2.75, 3.05) is 0 Å². The van der Waals surface area contributed by atoms with Crippen molar-refractivity contribution < 1.29 is 15.0 Å². The van der Waals surface area contributed by atoms with Crippen LogP contribution in [0.2, 0.25) is 0 Å². The highest BCUT2D eigenvalue weighted by Gasteiger charge is 2.50. The van der Waals surface area contributed by atoms with E-state index in [1.807, 2.05) is 0 Å². The number of aliphatic hydroxyl groups excluding tert-OH is 1. The molecule has 4 heteroatoms. The molecule has 1 fully saturated rings. The van der Waals surface area contributed by atoms with Gasteiger partial charge in [0.15, 0.2) is 5.41 Å². The van der Waals surface area contributed by atoms with Crippen molar-refractivity contribution in [3.05, 3.63) is 0 Å². The first kappa shape index (κ1) is 7.03. The topological polar surface area (TPSA) is 81.3 Å². The zero-order valence-corrected chi connectivity index (χ0v) is 5.24. The molecular formula is C6H7NO3. The second-order valence-electron chi connectivity index (χ2n) is 2.56. The lowest BCUT2D eigenvalue weighted by atomic mass is 9.68. The first-order valence-corrected chi connectivity index (χ1v) is 2.93. The van der Waals surface area contributed by atoms with Gasteiger partial charge in [0.05, 0.1) is 12.2 Å². The highest BCUT2D eigenvalue weighted by atomic mass is 16.4. The van der Waals surface area contributed by atoms with E-state index in [1.165, 1.54) is 0 Å². The molecule has 0 bridgehead atoms. The summed E-state index contributed by atoms with van der Waals surface area (Å²) in [6.45, 7) is 0. The molecule has 1 saturated carbocycles. The monoisotopic (exact) mass is 141 g/mol. The van der Waals surface area contributed by atoms with E-state index in [9.17, 15) is 4.79 Å². The van der Waals surface area contributed by atoms with Gasteiger partial charge in [-0.15, -0.1) is 0 Å². The van der Waals surface area contributed by atoms with Crippen molar-refractivity contribution in [1.82, 2.24) is 0 Å². The second kappa shape index (κ2) is 1.96. The fourth-order valence-electron chi connectivity index (χ4n) is 1.06. The van der Waals surface area contributed by atoms with E-state index in [0.717, 1.165) is 0 Å². The molecule has 10 heavy (non-hydrogen) atoms. The van der Waals surface area contributed by atoms with Crippen LogP contribution >= 0.6 is 0 Å². The maximum atomic E-state index is 10.3. The third-order valence-electron chi connectivity index (χ3n) is 1.79.